The molecule has 216 valence electrons. The minimum absolute atomic E-state index is 0.0280. The standard InChI is InChI=1S/C34H27ClN2O6/c1-18-2-4-21(5-3-18)34(42)43-23-12-8-19(9-13-23)28(38)17-36(31(39)20-6-10-22(35)11-7-20)37-32(40)29-24-14-15-25(27-16-26(24)27)30(29)33(37)41/h2-15,24-27,29-30H,16-17H2,1H3/t24-,25-,26-,27+,29-,30+/m0/s1. The third-order valence-corrected chi connectivity index (χ3v) is 9.43. The summed E-state index contributed by atoms with van der Waals surface area (Å²) in [7, 11) is 0. The van der Waals surface area contributed by atoms with E-state index >= 15 is 0 Å². The number of Topliss-reactive ketones (excluding diaryl/α,β-unsaturated/α-hetero) is 1. The second-order valence-corrected chi connectivity index (χ2v) is 12.2. The van der Waals surface area contributed by atoms with E-state index in [0.717, 1.165) is 22.0 Å². The molecule has 5 aliphatic rings. The highest BCUT2D eigenvalue weighted by atomic mass is 35.5. The van der Waals surface area contributed by atoms with Gasteiger partial charge in [-0.3, -0.25) is 19.2 Å². The number of benzene rings is 3. The van der Waals surface area contributed by atoms with Gasteiger partial charge in [0.05, 0.1) is 17.4 Å². The van der Waals surface area contributed by atoms with E-state index in [4.69, 9.17) is 16.3 Å². The van der Waals surface area contributed by atoms with Crippen molar-refractivity contribution in [1.29, 1.82) is 0 Å². The molecule has 0 N–H and O–H groups in total. The monoisotopic (exact) mass is 594 g/mol. The fourth-order valence-corrected chi connectivity index (χ4v) is 7.07. The van der Waals surface area contributed by atoms with Gasteiger partial charge < -0.3 is 4.74 Å². The van der Waals surface area contributed by atoms with Gasteiger partial charge in [-0.2, -0.15) is 5.01 Å². The molecule has 0 unspecified atom stereocenters. The molecule has 43 heavy (non-hydrogen) atoms. The van der Waals surface area contributed by atoms with Crippen LogP contribution in [0.15, 0.2) is 84.9 Å². The van der Waals surface area contributed by atoms with E-state index in [-0.39, 0.29) is 28.7 Å². The zero-order chi connectivity index (χ0) is 30.0. The third-order valence-electron chi connectivity index (χ3n) is 9.17. The summed E-state index contributed by atoms with van der Waals surface area (Å²) in [6, 6.07) is 19.0. The van der Waals surface area contributed by atoms with Crippen LogP contribution in [0.1, 0.15) is 43.1 Å². The normalized spacial score (nSPS) is 26.1. The number of allylic oxidation sites excluding steroid dienone is 2. The highest BCUT2D eigenvalue weighted by Crippen LogP contribution is 2.65. The quantitative estimate of drug-likeness (QED) is 0.123. The highest BCUT2D eigenvalue weighted by molar-refractivity contribution is 6.30. The summed E-state index contributed by atoms with van der Waals surface area (Å²) in [5.41, 5.74) is 1.82. The minimum Gasteiger partial charge on any atom is -0.423 e. The molecule has 3 fully saturated rings. The first kappa shape index (κ1) is 27.3. The van der Waals surface area contributed by atoms with Crippen molar-refractivity contribution in [3.05, 3.63) is 112 Å². The summed E-state index contributed by atoms with van der Waals surface area (Å²) in [6.45, 7) is 1.39. The summed E-state index contributed by atoms with van der Waals surface area (Å²) in [5, 5.41) is 2.31. The molecule has 9 heteroatoms. The van der Waals surface area contributed by atoms with Crippen LogP contribution in [0.4, 0.5) is 0 Å². The summed E-state index contributed by atoms with van der Waals surface area (Å²) >= 11 is 6.02. The molecule has 0 spiro atoms. The number of nitrogens with zero attached hydrogens (tertiary/aromatic N) is 2. The molecule has 3 aromatic rings. The van der Waals surface area contributed by atoms with Crippen molar-refractivity contribution < 1.29 is 28.7 Å². The lowest BCUT2D eigenvalue weighted by Crippen LogP contribution is -2.52. The summed E-state index contributed by atoms with van der Waals surface area (Å²) in [6.07, 6.45) is 5.12. The molecule has 1 aliphatic heterocycles. The van der Waals surface area contributed by atoms with E-state index in [0.29, 0.717) is 22.4 Å². The Morgan fingerprint density at radius 2 is 1.33 bits per heavy atom. The van der Waals surface area contributed by atoms with Gasteiger partial charge in [-0.05, 0) is 97.7 Å². The second-order valence-electron chi connectivity index (χ2n) is 11.7. The number of hydrogen-bond acceptors (Lipinski definition) is 6. The zero-order valence-electron chi connectivity index (χ0n) is 23.2. The molecule has 0 radical (unpaired) electrons. The van der Waals surface area contributed by atoms with Crippen molar-refractivity contribution >= 4 is 41.1 Å². The molecular weight excluding hydrogens is 568 g/mol. The number of carbonyl (C=O) groups is 5. The SMILES string of the molecule is Cc1ccc(C(=O)Oc2ccc(C(=O)CN(C(=O)c3ccc(Cl)cc3)N3C(=O)[C@@H]4[C@H]5C=C[C@@H]([C@@H]6C[C@H]56)[C@@H]4C3=O)cc2)cc1. The predicted octanol–water partition coefficient (Wildman–Crippen LogP) is 5.16. The number of rotatable bonds is 7. The number of amides is 3. The van der Waals surface area contributed by atoms with Gasteiger partial charge in [0.25, 0.3) is 17.7 Å². The number of aryl methyl sites for hydroxylation is 1. The second kappa shape index (κ2) is 10.3. The highest BCUT2D eigenvalue weighted by Gasteiger charge is 2.68. The van der Waals surface area contributed by atoms with Crippen molar-refractivity contribution in [2.45, 2.75) is 13.3 Å². The molecule has 0 aromatic heterocycles. The minimum atomic E-state index is -0.653. The van der Waals surface area contributed by atoms with Crippen LogP contribution in [0.3, 0.4) is 0 Å². The van der Waals surface area contributed by atoms with E-state index in [1.807, 2.05) is 19.1 Å². The molecule has 4 aliphatic carbocycles. The number of hydrazine groups is 1. The maximum absolute atomic E-state index is 13.8. The molecular formula is C34H27ClN2O6. The number of ketones is 1. The Bertz CT molecular complexity index is 1660. The Morgan fingerprint density at radius 1 is 0.791 bits per heavy atom. The first-order chi connectivity index (χ1) is 20.7. The van der Waals surface area contributed by atoms with Crippen LogP contribution in [-0.4, -0.2) is 46.0 Å². The largest absolute Gasteiger partial charge is 0.423 e. The van der Waals surface area contributed by atoms with Gasteiger partial charge in [-0.15, -0.1) is 0 Å². The maximum Gasteiger partial charge on any atom is 0.343 e. The molecule has 1 saturated heterocycles. The van der Waals surface area contributed by atoms with Crippen LogP contribution in [0, 0.1) is 42.4 Å². The first-order valence-electron chi connectivity index (χ1n) is 14.3. The zero-order valence-corrected chi connectivity index (χ0v) is 23.9. The molecule has 8 rings (SSSR count). The Morgan fingerprint density at radius 3 is 1.91 bits per heavy atom. The molecule has 6 atom stereocenters. The lowest BCUT2D eigenvalue weighted by Gasteiger charge is -2.37. The van der Waals surface area contributed by atoms with Crippen molar-refractivity contribution in [3.63, 3.8) is 0 Å². The number of carbonyl (C=O) groups excluding carboxylic acids is 5. The lowest BCUT2D eigenvalue weighted by atomic mass is 9.63. The molecule has 2 bridgehead atoms. The average Bonchev–Trinajstić information content (AvgIpc) is 3.79. The van der Waals surface area contributed by atoms with E-state index in [1.54, 1.807) is 12.1 Å². The van der Waals surface area contributed by atoms with Crippen molar-refractivity contribution in [3.8, 4) is 5.75 Å². The molecule has 3 amide bonds. The van der Waals surface area contributed by atoms with Crippen molar-refractivity contribution in [2.75, 3.05) is 6.54 Å². The van der Waals surface area contributed by atoms with Crippen LogP contribution >= 0.6 is 11.6 Å². The summed E-state index contributed by atoms with van der Waals surface area (Å²) in [4.78, 5) is 67.5. The Kier molecular flexibility index (Phi) is 6.54. The molecule has 3 aromatic carbocycles. The van der Waals surface area contributed by atoms with Gasteiger partial charge in [-0.25, -0.2) is 9.80 Å². The smallest absolute Gasteiger partial charge is 0.343 e. The molecule has 8 nitrogen and oxygen atoms in total. The maximum atomic E-state index is 13.8. The molecule has 2 saturated carbocycles. The van der Waals surface area contributed by atoms with Crippen LogP contribution in [0.25, 0.3) is 0 Å². The lowest BCUT2D eigenvalue weighted by molar-refractivity contribution is -0.154. The first-order valence-corrected chi connectivity index (χ1v) is 14.6. The fraction of sp³-hybridized carbons (Fsp3) is 0.265. The number of ether oxygens (including phenoxy) is 1. The van der Waals surface area contributed by atoms with E-state index in [2.05, 4.69) is 12.2 Å². The predicted molar refractivity (Wildman–Crippen MR) is 156 cm³/mol. The Hall–Kier alpha value is -4.56. The topological polar surface area (TPSA) is 101 Å². The van der Waals surface area contributed by atoms with Gasteiger partial charge in [0.15, 0.2) is 5.78 Å². The van der Waals surface area contributed by atoms with Crippen molar-refractivity contribution in [2.24, 2.45) is 35.5 Å². The van der Waals surface area contributed by atoms with Crippen LogP contribution in [-0.2, 0) is 9.59 Å². The van der Waals surface area contributed by atoms with Gasteiger partial charge in [0.1, 0.15) is 12.3 Å². The Labute approximate surface area is 252 Å². The van der Waals surface area contributed by atoms with Gasteiger partial charge in [0.2, 0.25) is 0 Å². The van der Waals surface area contributed by atoms with Gasteiger partial charge in [-0.1, -0.05) is 41.4 Å². The van der Waals surface area contributed by atoms with Gasteiger partial charge >= 0.3 is 5.97 Å². The third kappa shape index (κ3) is 4.66. The van der Waals surface area contributed by atoms with E-state index in [9.17, 15) is 24.0 Å². The average molecular weight is 595 g/mol. The van der Waals surface area contributed by atoms with Gasteiger partial charge in [0, 0.05) is 16.1 Å². The Balaban J connectivity index is 1.13. The number of hydrogen-bond donors (Lipinski definition) is 0. The van der Waals surface area contributed by atoms with Crippen LogP contribution < -0.4 is 4.74 Å². The summed E-state index contributed by atoms with van der Waals surface area (Å²) in [5.74, 6) is -2.62. The fourth-order valence-electron chi connectivity index (χ4n) is 6.95. The van der Waals surface area contributed by atoms with Crippen LogP contribution in [0.2, 0.25) is 5.02 Å². The number of esters is 1. The number of imide groups is 1. The summed E-state index contributed by atoms with van der Waals surface area (Å²) < 4.78 is 5.43. The van der Waals surface area contributed by atoms with Crippen molar-refractivity contribution in [1.82, 2.24) is 10.0 Å². The molecule has 1 heterocycles. The van der Waals surface area contributed by atoms with Crippen LogP contribution in [0.5, 0.6) is 5.75 Å². The van der Waals surface area contributed by atoms with E-state index < -0.39 is 47.9 Å². The number of halogens is 1. The van der Waals surface area contributed by atoms with E-state index in [1.165, 1.54) is 48.5 Å².